The molecule has 0 atom stereocenters. The van der Waals surface area contributed by atoms with Crippen LogP contribution in [0.2, 0.25) is 0 Å². The normalized spacial score (nSPS) is 18.4. The summed E-state index contributed by atoms with van der Waals surface area (Å²) in [6, 6.07) is -0.306. The molecular formula is C13H25N3O3. The maximum atomic E-state index is 12.1. The van der Waals surface area contributed by atoms with Gasteiger partial charge in [-0.05, 0) is 19.9 Å². The predicted octanol–water partition coefficient (Wildman–Crippen LogP) is 1.02. The van der Waals surface area contributed by atoms with E-state index in [1.54, 1.807) is 7.05 Å². The summed E-state index contributed by atoms with van der Waals surface area (Å²) in [5, 5.41) is 15.2. The molecule has 0 radical (unpaired) electrons. The van der Waals surface area contributed by atoms with Gasteiger partial charge in [0.05, 0.1) is 0 Å². The molecule has 0 aromatic heterocycles. The molecule has 1 saturated carbocycles. The van der Waals surface area contributed by atoms with Crippen molar-refractivity contribution >= 4 is 12.0 Å². The van der Waals surface area contributed by atoms with Crippen molar-refractivity contribution in [1.82, 2.24) is 15.5 Å². The lowest BCUT2D eigenvalue weighted by Gasteiger charge is -2.31. The van der Waals surface area contributed by atoms with Gasteiger partial charge < -0.3 is 20.6 Å². The number of carbonyl (C=O) groups excluding carboxylic acids is 1. The summed E-state index contributed by atoms with van der Waals surface area (Å²) in [5.74, 6) is -0.912. The van der Waals surface area contributed by atoms with Gasteiger partial charge in [-0.2, -0.15) is 0 Å². The number of rotatable bonds is 5. The van der Waals surface area contributed by atoms with Gasteiger partial charge in [0.2, 0.25) is 0 Å². The molecule has 6 heteroatoms. The molecule has 0 spiro atoms. The maximum Gasteiger partial charge on any atom is 0.329 e. The highest BCUT2D eigenvalue weighted by atomic mass is 16.4. The van der Waals surface area contributed by atoms with Crippen LogP contribution < -0.4 is 10.6 Å². The highest BCUT2D eigenvalue weighted by Gasteiger charge is 2.40. The van der Waals surface area contributed by atoms with Gasteiger partial charge in [0.25, 0.3) is 0 Å². The molecule has 1 rings (SSSR count). The number of likely N-dealkylation sites (N-methyl/N-ethyl adjacent to an activating group) is 2. The summed E-state index contributed by atoms with van der Waals surface area (Å²) in [6.07, 6.45) is 4.84. The van der Waals surface area contributed by atoms with Gasteiger partial charge in [-0.1, -0.05) is 25.7 Å². The van der Waals surface area contributed by atoms with Crippen molar-refractivity contribution in [3.8, 4) is 0 Å². The number of hydrogen-bond donors (Lipinski definition) is 3. The molecular weight excluding hydrogens is 246 g/mol. The van der Waals surface area contributed by atoms with Crippen LogP contribution in [0.4, 0.5) is 4.79 Å². The van der Waals surface area contributed by atoms with Crippen LogP contribution in [0.5, 0.6) is 0 Å². The largest absolute Gasteiger partial charge is 0.480 e. The summed E-state index contributed by atoms with van der Waals surface area (Å²) in [6.45, 7) is 1.24. The Morgan fingerprint density at radius 1 is 1.21 bits per heavy atom. The zero-order valence-electron chi connectivity index (χ0n) is 11.9. The Balaban J connectivity index is 2.67. The van der Waals surface area contributed by atoms with Gasteiger partial charge in [0.1, 0.15) is 5.54 Å². The summed E-state index contributed by atoms with van der Waals surface area (Å²) < 4.78 is 0. The molecule has 6 nitrogen and oxygen atoms in total. The van der Waals surface area contributed by atoms with E-state index in [1.165, 1.54) is 4.90 Å². The van der Waals surface area contributed by atoms with Crippen molar-refractivity contribution in [3.05, 3.63) is 0 Å². The smallest absolute Gasteiger partial charge is 0.329 e. The fourth-order valence-electron chi connectivity index (χ4n) is 2.41. The Morgan fingerprint density at radius 2 is 1.79 bits per heavy atom. The number of nitrogens with zero attached hydrogens (tertiary/aromatic N) is 1. The first-order chi connectivity index (χ1) is 9.02. The minimum absolute atomic E-state index is 0.306. The summed E-state index contributed by atoms with van der Waals surface area (Å²) in [4.78, 5) is 25.1. The van der Waals surface area contributed by atoms with Gasteiger partial charge in [0, 0.05) is 20.1 Å². The SMILES string of the molecule is CNCCN(C)C(=O)NC1(C(=O)O)CCCCCC1. The molecule has 19 heavy (non-hydrogen) atoms. The van der Waals surface area contributed by atoms with Crippen molar-refractivity contribution in [2.24, 2.45) is 0 Å². The van der Waals surface area contributed by atoms with Gasteiger partial charge in [-0.3, -0.25) is 0 Å². The van der Waals surface area contributed by atoms with E-state index in [9.17, 15) is 14.7 Å². The molecule has 0 heterocycles. The second-order valence-corrected chi connectivity index (χ2v) is 5.26. The Kier molecular flexibility index (Phi) is 6.08. The molecule has 0 bridgehead atoms. The average molecular weight is 271 g/mol. The van der Waals surface area contributed by atoms with Crippen LogP contribution >= 0.6 is 0 Å². The van der Waals surface area contributed by atoms with E-state index >= 15 is 0 Å². The first-order valence-electron chi connectivity index (χ1n) is 6.93. The van der Waals surface area contributed by atoms with Crippen molar-refractivity contribution in [2.45, 2.75) is 44.1 Å². The minimum Gasteiger partial charge on any atom is -0.480 e. The zero-order valence-corrected chi connectivity index (χ0v) is 11.9. The van der Waals surface area contributed by atoms with Crippen LogP contribution in [-0.4, -0.2) is 54.7 Å². The standard InChI is InChI=1S/C13H25N3O3/c1-14-9-10-16(2)12(19)15-13(11(17)18)7-5-3-4-6-8-13/h14H,3-10H2,1-2H3,(H,15,19)(H,17,18). The van der Waals surface area contributed by atoms with Crippen LogP contribution in [0.1, 0.15) is 38.5 Å². The van der Waals surface area contributed by atoms with E-state index in [-0.39, 0.29) is 6.03 Å². The number of amides is 2. The van der Waals surface area contributed by atoms with Gasteiger partial charge in [-0.15, -0.1) is 0 Å². The predicted molar refractivity (Wildman–Crippen MR) is 73.2 cm³/mol. The maximum absolute atomic E-state index is 12.1. The quantitative estimate of drug-likeness (QED) is 0.652. The van der Waals surface area contributed by atoms with Crippen molar-refractivity contribution < 1.29 is 14.7 Å². The van der Waals surface area contributed by atoms with Gasteiger partial charge >= 0.3 is 12.0 Å². The number of hydrogen-bond acceptors (Lipinski definition) is 3. The molecule has 0 aromatic carbocycles. The van der Waals surface area contributed by atoms with Crippen molar-refractivity contribution in [2.75, 3.05) is 27.2 Å². The van der Waals surface area contributed by atoms with Crippen LogP contribution in [0, 0.1) is 0 Å². The number of aliphatic carboxylic acids is 1. The molecule has 0 unspecified atom stereocenters. The zero-order chi connectivity index (χ0) is 14.3. The summed E-state index contributed by atoms with van der Waals surface area (Å²) in [7, 11) is 3.49. The lowest BCUT2D eigenvalue weighted by molar-refractivity contribution is -0.145. The lowest BCUT2D eigenvalue weighted by Crippen LogP contribution is -2.57. The number of carboxylic acid groups (broad SMARTS) is 1. The third-order valence-electron chi connectivity index (χ3n) is 3.76. The highest BCUT2D eigenvalue weighted by Crippen LogP contribution is 2.27. The van der Waals surface area contributed by atoms with Gasteiger partial charge in [-0.25, -0.2) is 9.59 Å². The monoisotopic (exact) mass is 271 g/mol. The van der Waals surface area contributed by atoms with Crippen molar-refractivity contribution in [1.29, 1.82) is 0 Å². The summed E-state index contributed by atoms with van der Waals surface area (Å²) in [5.41, 5.74) is -1.08. The third kappa shape index (κ3) is 4.38. The van der Waals surface area contributed by atoms with E-state index in [0.717, 1.165) is 25.7 Å². The molecule has 0 saturated heterocycles. The van der Waals surface area contributed by atoms with Crippen LogP contribution in [-0.2, 0) is 4.79 Å². The fraction of sp³-hybridized carbons (Fsp3) is 0.846. The van der Waals surface area contributed by atoms with Crippen molar-refractivity contribution in [3.63, 3.8) is 0 Å². The van der Waals surface area contributed by atoms with E-state index in [2.05, 4.69) is 10.6 Å². The van der Waals surface area contributed by atoms with E-state index < -0.39 is 11.5 Å². The number of urea groups is 1. The summed E-state index contributed by atoms with van der Waals surface area (Å²) >= 11 is 0. The van der Waals surface area contributed by atoms with E-state index in [4.69, 9.17) is 0 Å². The number of carboxylic acids is 1. The molecule has 2 amide bonds. The first kappa shape index (κ1) is 15.8. The van der Waals surface area contributed by atoms with E-state index in [1.807, 2.05) is 7.05 Å². The molecule has 1 aliphatic rings. The van der Waals surface area contributed by atoms with Crippen LogP contribution in [0.3, 0.4) is 0 Å². The Morgan fingerprint density at radius 3 is 2.26 bits per heavy atom. The molecule has 0 aliphatic heterocycles. The molecule has 110 valence electrons. The fourth-order valence-corrected chi connectivity index (χ4v) is 2.41. The minimum atomic E-state index is -1.08. The highest BCUT2D eigenvalue weighted by molar-refractivity contribution is 5.86. The van der Waals surface area contributed by atoms with Crippen LogP contribution in [0.25, 0.3) is 0 Å². The molecule has 3 N–H and O–H groups in total. The second-order valence-electron chi connectivity index (χ2n) is 5.26. The second kappa shape index (κ2) is 7.33. The Labute approximate surface area is 114 Å². The molecule has 1 aliphatic carbocycles. The lowest BCUT2D eigenvalue weighted by atomic mass is 9.90. The van der Waals surface area contributed by atoms with Gasteiger partial charge in [0.15, 0.2) is 0 Å². The first-order valence-corrected chi connectivity index (χ1v) is 6.93. The van der Waals surface area contributed by atoms with E-state index in [0.29, 0.717) is 25.9 Å². The topological polar surface area (TPSA) is 81.7 Å². The number of nitrogens with one attached hydrogen (secondary N) is 2. The molecule has 0 aromatic rings. The third-order valence-corrected chi connectivity index (χ3v) is 3.76. The van der Waals surface area contributed by atoms with Crippen LogP contribution in [0.15, 0.2) is 0 Å². The number of carbonyl (C=O) groups is 2. The molecule has 1 fully saturated rings. The Bertz CT molecular complexity index is 312. The average Bonchev–Trinajstić information content (AvgIpc) is 2.62. The Hall–Kier alpha value is -1.30.